The highest BCUT2D eigenvalue weighted by Gasteiger charge is 2.26. The highest BCUT2D eigenvalue weighted by molar-refractivity contribution is 7.94. The molecule has 0 unspecified atom stereocenters. The highest BCUT2D eigenvalue weighted by atomic mass is 32.2. The Hall–Kier alpha value is -2.60. The van der Waals surface area contributed by atoms with Crippen molar-refractivity contribution in [2.75, 3.05) is 13.1 Å². The number of carbonyl (C=O) groups is 1. The Labute approximate surface area is 160 Å². The van der Waals surface area contributed by atoms with E-state index in [9.17, 15) is 13.2 Å². The van der Waals surface area contributed by atoms with Gasteiger partial charge in [-0.15, -0.1) is 0 Å². The third kappa shape index (κ3) is 4.98. The summed E-state index contributed by atoms with van der Waals surface area (Å²) in [6, 6.07) is 18.8. The minimum atomic E-state index is -3.85. The average molecular weight is 385 g/mol. The Balaban J connectivity index is 1.59. The maximum atomic E-state index is 12.4. The number of benzene rings is 2. The number of hydrogen-bond acceptors (Lipinski definition) is 3. The van der Waals surface area contributed by atoms with E-state index < -0.39 is 16.1 Å². The van der Waals surface area contributed by atoms with Gasteiger partial charge in [-0.3, -0.25) is 0 Å². The smallest absolute Gasteiger partial charge is 0.324 e. The molecule has 2 aromatic carbocycles. The van der Waals surface area contributed by atoms with Crippen LogP contribution in [0.3, 0.4) is 0 Å². The first kappa shape index (κ1) is 19.2. The lowest BCUT2D eigenvalue weighted by molar-refractivity contribution is 0.187. The fraction of sp³-hybridized carbons (Fsp3) is 0.286. The second-order valence-electron chi connectivity index (χ2n) is 6.75. The molecule has 1 fully saturated rings. The molecule has 1 heterocycles. The lowest BCUT2D eigenvalue weighted by atomic mass is 9.90. The maximum Gasteiger partial charge on any atom is 0.331 e. The molecule has 3 rings (SSSR count). The molecule has 6 heteroatoms. The zero-order chi connectivity index (χ0) is 19.3. The lowest BCUT2D eigenvalue weighted by Gasteiger charge is -2.32. The molecule has 0 atom stereocenters. The fourth-order valence-corrected chi connectivity index (χ4v) is 4.07. The normalized spacial score (nSPS) is 16.2. The minimum Gasteiger partial charge on any atom is -0.324 e. The Morgan fingerprint density at radius 1 is 1.00 bits per heavy atom. The van der Waals surface area contributed by atoms with E-state index in [4.69, 9.17) is 0 Å². The number of sulfonamides is 1. The van der Waals surface area contributed by atoms with Crippen LogP contribution in [0.4, 0.5) is 4.79 Å². The van der Waals surface area contributed by atoms with Crippen LogP contribution in [-0.4, -0.2) is 32.4 Å². The number of likely N-dealkylation sites (tertiary alicyclic amines) is 1. The van der Waals surface area contributed by atoms with Crippen LogP contribution in [0.2, 0.25) is 0 Å². The van der Waals surface area contributed by atoms with Crippen molar-refractivity contribution in [3.63, 3.8) is 0 Å². The predicted molar refractivity (Wildman–Crippen MR) is 108 cm³/mol. The quantitative estimate of drug-likeness (QED) is 0.867. The third-order valence-electron chi connectivity index (χ3n) is 4.87. The number of allylic oxidation sites excluding steroid dienone is 1. The van der Waals surface area contributed by atoms with Crippen LogP contribution < -0.4 is 4.72 Å². The van der Waals surface area contributed by atoms with Crippen molar-refractivity contribution in [1.82, 2.24) is 9.62 Å². The van der Waals surface area contributed by atoms with Gasteiger partial charge in [-0.2, -0.15) is 0 Å². The Morgan fingerprint density at radius 3 is 2.15 bits per heavy atom. The molecule has 1 N–H and O–H groups in total. The van der Waals surface area contributed by atoms with Gasteiger partial charge in [0.15, 0.2) is 0 Å². The zero-order valence-electron chi connectivity index (χ0n) is 15.3. The van der Waals surface area contributed by atoms with Crippen molar-refractivity contribution < 1.29 is 13.2 Å². The SMILES string of the molecule is C/C(=C\c1ccccc1)S(=O)(=O)NC(=O)N1CCC(c2ccccc2)CC1. The number of carbonyl (C=O) groups excluding carboxylic acids is 1. The first-order valence-corrected chi connectivity index (χ1v) is 10.5. The molecule has 0 aromatic heterocycles. The van der Waals surface area contributed by atoms with Crippen molar-refractivity contribution in [1.29, 1.82) is 0 Å². The van der Waals surface area contributed by atoms with Gasteiger partial charge in [0.25, 0.3) is 10.0 Å². The second-order valence-corrected chi connectivity index (χ2v) is 8.60. The monoisotopic (exact) mass is 384 g/mol. The van der Waals surface area contributed by atoms with Crippen molar-refractivity contribution in [2.24, 2.45) is 0 Å². The van der Waals surface area contributed by atoms with Crippen molar-refractivity contribution in [3.05, 3.63) is 76.7 Å². The number of hydrogen-bond donors (Lipinski definition) is 1. The van der Waals surface area contributed by atoms with Gasteiger partial charge >= 0.3 is 6.03 Å². The molecule has 1 aliphatic heterocycles. The van der Waals surface area contributed by atoms with Crippen LogP contribution in [0.25, 0.3) is 6.08 Å². The summed E-state index contributed by atoms with van der Waals surface area (Å²) in [7, 11) is -3.85. The van der Waals surface area contributed by atoms with Gasteiger partial charge in [-0.05, 0) is 42.9 Å². The van der Waals surface area contributed by atoms with Crippen LogP contribution in [0.1, 0.15) is 36.8 Å². The highest BCUT2D eigenvalue weighted by Crippen LogP contribution is 2.27. The third-order valence-corrected chi connectivity index (χ3v) is 6.28. The molecular formula is C21H24N2O3S. The van der Waals surface area contributed by atoms with E-state index >= 15 is 0 Å². The van der Waals surface area contributed by atoms with E-state index in [1.165, 1.54) is 12.5 Å². The molecule has 0 spiro atoms. The summed E-state index contributed by atoms with van der Waals surface area (Å²) in [5.74, 6) is 0.409. The Bertz CT molecular complexity index is 901. The molecule has 1 saturated heterocycles. The Kier molecular flexibility index (Phi) is 5.96. The summed E-state index contributed by atoms with van der Waals surface area (Å²) in [5, 5.41) is 0. The maximum absolute atomic E-state index is 12.4. The molecule has 5 nitrogen and oxygen atoms in total. The largest absolute Gasteiger partial charge is 0.331 e. The summed E-state index contributed by atoms with van der Waals surface area (Å²) >= 11 is 0. The lowest BCUT2D eigenvalue weighted by Crippen LogP contribution is -2.46. The van der Waals surface area contributed by atoms with E-state index in [0.29, 0.717) is 19.0 Å². The summed E-state index contributed by atoms with van der Waals surface area (Å²) in [6.07, 6.45) is 3.21. The van der Waals surface area contributed by atoms with Crippen LogP contribution in [-0.2, 0) is 10.0 Å². The molecule has 0 radical (unpaired) electrons. The van der Waals surface area contributed by atoms with Crippen LogP contribution >= 0.6 is 0 Å². The predicted octanol–water partition coefficient (Wildman–Crippen LogP) is 3.97. The number of rotatable bonds is 4. The number of urea groups is 1. The van der Waals surface area contributed by atoms with Gasteiger partial charge in [-0.25, -0.2) is 17.9 Å². The standard InChI is InChI=1S/C21H24N2O3S/c1-17(16-18-8-4-2-5-9-18)27(25,26)22-21(24)23-14-12-20(13-15-23)19-10-6-3-7-11-19/h2-11,16,20H,12-15H2,1H3,(H,22,24)/b17-16+. The van der Waals surface area contributed by atoms with E-state index in [0.717, 1.165) is 18.4 Å². The molecule has 2 amide bonds. The molecule has 0 aliphatic carbocycles. The van der Waals surface area contributed by atoms with Crippen molar-refractivity contribution in [2.45, 2.75) is 25.7 Å². The first-order chi connectivity index (χ1) is 13.0. The van der Waals surface area contributed by atoms with E-state index in [1.807, 2.05) is 48.5 Å². The first-order valence-electron chi connectivity index (χ1n) is 9.06. The van der Waals surface area contributed by atoms with Gasteiger partial charge in [0.1, 0.15) is 0 Å². The molecule has 142 valence electrons. The van der Waals surface area contributed by atoms with Gasteiger partial charge in [0.2, 0.25) is 0 Å². The fourth-order valence-electron chi connectivity index (χ4n) is 3.26. The van der Waals surface area contributed by atoms with Crippen LogP contribution in [0.15, 0.2) is 65.6 Å². The molecule has 0 saturated carbocycles. The van der Waals surface area contributed by atoms with Gasteiger partial charge < -0.3 is 4.90 Å². The molecule has 2 aromatic rings. The topological polar surface area (TPSA) is 66.5 Å². The van der Waals surface area contributed by atoms with Gasteiger partial charge in [-0.1, -0.05) is 60.7 Å². The van der Waals surface area contributed by atoms with Crippen molar-refractivity contribution in [3.8, 4) is 0 Å². The zero-order valence-corrected chi connectivity index (χ0v) is 16.2. The summed E-state index contributed by atoms with van der Waals surface area (Å²) in [5.41, 5.74) is 2.04. The van der Waals surface area contributed by atoms with E-state index in [1.54, 1.807) is 11.0 Å². The molecule has 0 bridgehead atoms. The molecular weight excluding hydrogens is 360 g/mol. The summed E-state index contributed by atoms with van der Waals surface area (Å²) in [4.78, 5) is 14.1. The van der Waals surface area contributed by atoms with Crippen LogP contribution in [0.5, 0.6) is 0 Å². The molecule has 27 heavy (non-hydrogen) atoms. The van der Waals surface area contributed by atoms with Gasteiger partial charge in [0.05, 0.1) is 4.91 Å². The second kappa shape index (κ2) is 8.39. The van der Waals surface area contributed by atoms with Crippen LogP contribution in [0, 0.1) is 0 Å². The number of nitrogens with zero attached hydrogens (tertiary/aromatic N) is 1. The van der Waals surface area contributed by atoms with E-state index in [2.05, 4.69) is 16.9 Å². The number of piperidine rings is 1. The van der Waals surface area contributed by atoms with Gasteiger partial charge in [0, 0.05) is 13.1 Å². The Morgan fingerprint density at radius 2 is 1.56 bits per heavy atom. The summed E-state index contributed by atoms with van der Waals surface area (Å²) in [6.45, 7) is 2.58. The number of nitrogens with one attached hydrogen (secondary N) is 1. The van der Waals surface area contributed by atoms with Crippen molar-refractivity contribution >= 4 is 22.1 Å². The van der Waals surface area contributed by atoms with E-state index in [-0.39, 0.29) is 4.91 Å². The summed E-state index contributed by atoms with van der Waals surface area (Å²) < 4.78 is 27.1. The minimum absolute atomic E-state index is 0.112. The molecule has 1 aliphatic rings. The number of amides is 2. The average Bonchev–Trinajstić information content (AvgIpc) is 2.69.